The van der Waals surface area contributed by atoms with E-state index in [9.17, 15) is 19.7 Å². The molecule has 0 spiro atoms. The summed E-state index contributed by atoms with van der Waals surface area (Å²) in [6, 6.07) is 11.6. The van der Waals surface area contributed by atoms with E-state index in [0.717, 1.165) is 10.4 Å². The van der Waals surface area contributed by atoms with Crippen molar-refractivity contribution in [2.75, 3.05) is 19.2 Å². The molecule has 1 aliphatic rings. The predicted molar refractivity (Wildman–Crippen MR) is 127 cm³/mol. The summed E-state index contributed by atoms with van der Waals surface area (Å²) in [6.45, 7) is 1.99. The molecule has 0 atom stereocenters. The molecule has 1 N–H and O–H groups in total. The van der Waals surface area contributed by atoms with Gasteiger partial charge in [-0.15, -0.1) is 11.3 Å². The Morgan fingerprint density at radius 1 is 1.21 bits per heavy atom. The van der Waals surface area contributed by atoms with Crippen LogP contribution < -0.4 is 14.8 Å². The standard InChI is InChI=1S/C24H20N2O7S/c1-14-20(12-16-6-8-18-19(11-16)33-13-32-18)34-23(22(14)24(28)31-2)25-21(27)9-7-15-4-3-5-17(10-15)26(29)30/h3-11H,12-13H2,1-2H3,(H,25,27). The Balaban J connectivity index is 1.56. The average molecular weight is 480 g/mol. The number of hydrogen-bond donors (Lipinski definition) is 1. The van der Waals surface area contributed by atoms with Crippen LogP contribution in [-0.2, 0) is 16.0 Å². The topological polar surface area (TPSA) is 117 Å². The van der Waals surface area contributed by atoms with Gasteiger partial charge in [0.2, 0.25) is 12.7 Å². The van der Waals surface area contributed by atoms with Crippen molar-refractivity contribution in [3.63, 3.8) is 0 Å². The highest BCUT2D eigenvalue weighted by atomic mass is 32.1. The largest absolute Gasteiger partial charge is 0.465 e. The third-order valence-electron chi connectivity index (χ3n) is 5.18. The number of thiophene rings is 1. The number of ether oxygens (including phenoxy) is 3. The highest BCUT2D eigenvalue weighted by Gasteiger charge is 2.23. The van der Waals surface area contributed by atoms with Gasteiger partial charge in [-0.3, -0.25) is 14.9 Å². The second-order valence-corrected chi connectivity index (χ2v) is 8.49. The van der Waals surface area contributed by atoms with Crippen LogP contribution in [0.3, 0.4) is 0 Å². The fourth-order valence-electron chi connectivity index (χ4n) is 3.47. The fraction of sp³-hybridized carbons (Fsp3) is 0.167. The van der Waals surface area contributed by atoms with Crippen LogP contribution in [0.2, 0.25) is 0 Å². The summed E-state index contributed by atoms with van der Waals surface area (Å²) in [6.07, 6.45) is 3.25. The number of esters is 1. The van der Waals surface area contributed by atoms with Crippen LogP contribution in [-0.4, -0.2) is 30.7 Å². The van der Waals surface area contributed by atoms with Crippen molar-refractivity contribution < 1.29 is 28.7 Å². The SMILES string of the molecule is COC(=O)c1c(NC(=O)C=Cc2cccc([N+](=O)[O-])c2)sc(Cc2ccc3c(c2)OCO3)c1C. The van der Waals surface area contributed by atoms with Gasteiger partial charge in [-0.1, -0.05) is 18.2 Å². The number of fused-ring (bicyclic) bond motifs is 1. The van der Waals surface area contributed by atoms with Gasteiger partial charge in [-0.25, -0.2) is 4.79 Å². The minimum absolute atomic E-state index is 0.0717. The maximum Gasteiger partial charge on any atom is 0.341 e. The zero-order valence-corrected chi connectivity index (χ0v) is 19.1. The minimum Gasteiger partial charge on any atom is -0.465 e. The van der Waals surface area contributed by atoms with Crippen LogP contribution >= 0.6 is 11.3 Å². The maximum absolute atomic E-state index is 12.6. The van der Waals surface area contributed by atoms with E-state index in [4.69, 9.17) is 14.2 Å². The molecule has 2 heterocycles. The van der Waals surface area contributed by atoms with Crippen molar-refractivity contribution in [3.05, 3.63) is 85.8 Å². The van der Waals surface area contributed by atoms with Crippen LogP contribution in [0.1, 0.15) is 31.9 Å². The van der Waals surface area contributed by atoms with Crippen molar-refractivity contribution >= 4 is 40.0 Å². The van der Waals surface area contributed by atoms with E-state index in [2.05, 4.69) is 5.32 Å². The third kappa shape index (κ3) is 4.91. The minimum atomic E-state index is -0.552. The molecule has 0 bridgehead atoms. The molecule has 3 aromatic rings. The number of carbonyl (C=O) groups excluding carboxylic acids is 2. The highest BCUT2D eigenvalue weighted by molar-refractivity contribution is 7.17. The van der Waals surface area contributed by atoms with Gasteiger partial charge in [0.15, 0.2) is 11.5 Å². The highest BCUT2D eigenvalue weighted by Crippen LogP contribution is 2.37. The molecule has 0 aliphatic carbocycles. The fourth-order valence-corrected chi connectivity index (χ4v) is 4.70. The first-order valence-electron chi connectivity index (χ1n) is 10.2. The molecule has 0 unspecified atom stereocenters. The monoisotopic (exact) mass is 480 g/mol. The first-order valence-corrected chi connectivity index (χ1v) is 11.0. The maximum atomic E-state index is 12.6. The van der Waals surface area contributed by atoms with E-state index < -0.39 is 16.8 Å². The number of rotatable bonds is 7. The number of nitro benzene ring substituents is 1. The predicted octanol–water partition coefficient (Wildman–Crippen LogP) is 4.72. The molecule has 0 saturated heterocycles. The number of non-ortho nitro benzene ring substituents is 1. The molecule has 10 heteroatoms. The van der Waals surface area contributed by atoms with Crippen molar-refractivity contribution in [2.45, 2.75) is 13.3 Å². The van der Waals surface area contributed by atoms with Gasteiger partial charge in [0.25, 0.3) is 5.69 Å². The number of nitrogens with one attached hydrogen (secondary N) is 1. The second kappa shape index (κ2) is 9.75. The number of hydrogen-bond acceptors (Lipinski definition) is 8. The van der Waals surface area contributed by atoms with E-state index in [0.29, 0.717) is 39.6 Å². The van der Waals surface area contributed by atoms with E-state index in [-0.39, 0.29) is 12.5 Å². The summed E-state index contributed by atoms with van der Waals surface area (Å²) in [7, 11) is 1.28. The summed E-state index contributed by atoms with van der Waals surface area (Å²) in [5.41, 5.74) is 2.40. The van der Waals surface area contributed by atoms with Crippen molar-refractivity contribution in [1.29, 1.82) is 0 Å². The molecule has 174 valence electrons. The molecule has 9 nitrogen and oxygen atoms in total. The Kier molecular flexibility index (Phi) is 6.60. The van der Waals surface area contributed by atoms with Gasteiger partial charge < -0.3 is 19.5 Å². The Morgan fingerprint density at radius 3 is 2.76 bits per heavy atom. The number of benzene rings is 2. The molecule has 34 heavy (non-hydrogen) atoms. The summed E-state index contributed by atoms with van der Waals surface area (Å²) in [5.74, 6) is 0.321. The Labute approximate surface area is 198 Å². The molecule has 4 rings (SSSR count). The van der Waals surface area contributed by atoms with E-state index in [1.54, 1.807) is 13.0 Å². The van der Waals surface area contributed by atoms with Crippen molar-refractivity contribution in [1.82, 2.24) is 0 Å². The van der Waals surface area contributed by atoms with Crippen molar-refractivity contribution in [2.24, 2.45) is 0 Å². The normalized spacial score (nSPS) is 12.1. The number of nitro groups is 1. The summed E-state index contributed by atoms with van der Waals surface area (Å²) >= 11 is 1.29. The number of amides is 1. The second-order valence-electron chi connectivity index (χ2n) is 7.39. The molecule has 0 saturated carbocycles. The first-order chi connectivity index (χ1) is 16.4. The van der Waals surface area contributed by atoms with Gasteiger partial charge in [0.05, 0.1) is 17.6 Å². The first kappa shape index (κ1) is 23.0. The molecule has 1 aliphatic heterocycles. The lowest BCUT2D eigenvalue weighted by Gasteiger charge is -2.04. The number of methoxy groups -OCH3 is 1. The van der Waals surface area contributed by atoms with Gasteiger partial charge in [-0.2, -0.15) is 0 Å². The molecule has 0 radical (unpaired) electrons. The van der Waals surface area contributed by atoms with Crippen LogP contribution in [0, 0.1) is 17.0 Å². The van der Waals surface area contributed by atoms with Crippen LogP contribution in [0.15, 0.2) is 48.5 Å². The quantitative estimate of drug-likeness (QED) is 0.225. The van der Waals surface area contributed by atoms with E-state index in [1.165, 1.54) is 48.8 Å². The average Bonchev–Trinajstić information content (AvgIpc) is 3.41. The summed E-state index contributed by atoms with van der Waals surface area (Å²) in [4.78, 5) is 36.3. The lowest BCUT2D eigenvalue weighted by atomic mass is 10.1. The van der Waals surface area contributed by atoms with Crippen molar-refractivity contribution in [3.8, 4) is 11.5 Å². The molecule has 1 amide bonds. The van der Waals surface area contributed by atoms with Crippen LogP contribution in [0.4, 0.5) is 10.7 Å². The van der Waals surface area contributed by atoms with Gasteiger partial charge in [0.1, 0.15) is 5.00 Å². The Morgan fingerprint density at radius 2 is 2.00 bits per heavy atom. The van der Waals surface area contributed by atoms with E-state index in [1.807, 2.05) is 18.2 Å². The van der Waals surface area contributed by atoms with Gasteiger partial charge in [-0.05, 0) is 41.8 Å². The Hall–Kier alpha value is -4.18. The lowest BCUT2D eigenvalue weighted by Crippen LogP contribution is -2.11. The zero-order chi connectivity index (χ0) is 24.2. The molecular weight excluding hydrogens is 460 g/mol. The molecule has 2 aromatic carbocycles. The molecule has 0 fully saturated rings. The zero-order valence-electron chi connectivity index (χ0n) is 18.3. The lowest BCUT2D eigenvalue weighted by molar-refractivity contribution is -0.384. The van der Waals surface area contributed by atoms with E-state index >= 15 is 0 Å². The van der Waals surface area contributed by atoms with Crippen LogP contribution in [0.5, 0.6) is 11.5 Å². The number of anilines is 1. The van der Waals surface area contributed by atoms with Crippen LogP contribution in [0.25, 0.3) is 6.08 Å². The third-order valence-corrected chi connectivity index (χ3v) is 6.39. The molecular formula is C24H20N2O7S. The van der Waals surface area contributed by atoms with Gasteiger partial charge in [0, 0.05) is 29.5 Å². The smallest absolute Gasteiger partial charge is 0.341 e. The summed E-state index contributed by atoms with van der Waals surface area (Å²) < 4.78 is 15.7. The number of nitrogens with zero attached hydrogens (tertiary/aromatic N) is 1. The number of carbonyl (C=O) groups is 2. The molecule has 1 aromatic heterocycles. The van der Waals surface area contributed by atoms with Gasteiger partial charge >= 0.3 is 5.97 Å². The Bertz CT molecular complexity index is 1310. The summed E-state index contributed by atoms with van der Waals surface area (Å²) in [5, 5.41) is 14.0.